The first-order valence-electron chi connectivity index (χ1n) is 11.5. The first kappa shape index (κ1) is 21.2. The highest BCUT2D eigenvalue weighted by molar-refractivity contribution is 7.89. The van der Waals surface area contributed by atoms with Crippen molar-refractivity contribution in [3.05, 3.63) is 47.7 Å². The van der Waals surface area contributed by atoms with Crippen molar-refractivity contribution in [3.63, 3.8) is 0 Å². The van der Waals surface area contributed by atoms with E-state index in [-0.39, 0.29) is 10.9 Å². The zero-order valence-corrected chi connectivity index (χ0v) is 19.3. The van der Waals surface area contributed by atoms with Gasteiger partial charge in [0.05, 0.1) is 22.5 Å². The van der Waals surface area contributed by atoms with E-state index in [1.807, 2.05) is 0 Å². The molecule has 166 valence electrons. The lowest BCUT2D eigenvalue weighted by molar-refractivity contribution is 0.323. The molecule has 6 nitrogen and oxygen atoms in total. The number of nitrogens with zero attached hydrogens (tertiary/aromatic N) is 3. The standard InChI is InChI=1S/C25H28N4O2S/c1-16(2)28-32(30,31)20-10-12-23(27-15-20)25-22(14-26)21-11-9-18(17-5-3-6-17)13-24(21)29(25)19-7-4-8-19/h9-13,15-17,19,28H,3-8H2,1-2H3. The summed E-state index contributed by atoms with van der Waals surface area (Å²) in [5.74, 6) is 0.620. The Morgan fingerprint density at radius 2 is 1.88 bits per heavy atom. The SMILES string of the molecule is CC(C)NS(=O)(=O)c1ccc(-c2c(C#N)c3ccc(C4CCC4)cc3n2C2CCC2)nc1. The molecule has 0 radical (unpaired) electrons. The second-order valence-electron chi connectivity index (χ2n) is 9.35. The molecule has 1 N–H and O–H groups in total. The third kappa shape index (κ3) is 3.52. The molecule has 2 aromatic heterocycles. The summed E-state index contributed by atoms with van der Waals surface area (Å²) in [6, 6.07) is 12.4. The number of hydrogen-bond acceptors (Lipinski definition) is 4. The number of nitriles is 1. The topological polar surface area (TPSA) is 87.8 Å². The molecule has 2 saturated carbocycles. The Morgan fingerprint density at radius 1 is 1.12 bits per heavy atom. The summed E-state index contributed by atoms with van der Waals surface area (Å²) in [6.45, 7) is 3.57. The van der Waals surface area contributed by atoms with Gasteiger partial charge in [0.1, 0.15) is 11.0 Å². The maximum atomic E-state index is 12.5. The van der Waals surface area contributed by atoms with E-state index in [9.17, 15) is 13.7 Å². The van der Waals surface area contributed by atoms with Gasteiger partial charge in [0.2, 0.25) is 10.0 Å². The first-order chi connectivity index (χ1) is 15.4. The minimum Gasteiger partial charge on any atom is -0.335 e. The highest BCUT2D eigenvalue weighted by Gasteiger charge is 2.29. The monoisotopic (exact) mass is 448 g/mol. The van der Waals surface area contributed by atoms with Gasteiger partial charge in [-0.2, -0.15) is 5.26 Å². The van der Waals surface area contributed by atoms with Crippen LogP contribution in [0.2, 0.25) is 0 Å². The molecule has 0 amide bonds. The Kier molecular flexibility index (Phi) is 5.31. The maximum absolute atomic E-state index is 12.5. The Balaban J connectivity index is 1.65. The maximum Gasteiger partial charge on any atom is 0.242 e. The summed E-state index contributed by atoms with van der Waals surface area (Å²) in [6.07, 6.45) is 8.49. The van der Waals surface area contributed by atoms with Gasteiger partial charge in [-0.15, -0.1) is 0 Å². The Hall–Kier alpha value is -2.69. The summed E-state index contributed by atoms with van der Waals surface area (Å²) in [5.41, 5.74) is 4.52. The van der Waals surface area contributed by atoms with Crippen LogP contribution in [0, 0.1) is 11.3 Å². The van der Waals surface area contributed by atoms with Crippen molar-refractivity contribution >= 4 is 20.9 Å². The molecule has 3 aromatic rings. The molecular formula is C25H28N4O2S. The van der Waals surface area contributed by atoms with Crippen molar-refractivity contribution in [2.75, 3.05) is 0 Å². The molecule has 1 aromatic carbocycles. The normalized spacial score (nSPS) is 17.3. The van der Waals surface area contributed by atoms with Crippen molar-refractivity contribution in [2.45, 2.75) is 75.3 Å². The van der Waals surface area contributed by atoms with Crippen LogP contribution in [0.4, 0.5) is 0 Å². The van der Waals surface area contributed by atoms with Gasteiger partial charge in [-0.05, 0) is 75.6 Å². The predicted octanol–water partition coefficient (Wildman–Crippen LogP) is 5.25. The molecular weight excluding hydrogens is 420 g/mol. The lowest BCUT2D eigenvalue weighted by Crippen LogP contribution is -2.30. The fourth-order valence-electron chi connectivity index (χ4n) is 4.77. The van der Waals surface area contributed by atoms with Crippen LogP contribution in [0.25, 0.3) is 22.3 Å². The number of sulfonamides is 1. The predicted molar refractivity (Wildman–Crippen MR) is 125 cm³/mol. The van der Waals surface area contributed by atoms with Crippen LogP contribution in [0.5, 0.6) is 0 Å². The van der Waals surface area contributed by atoms with Gasteiger partial charge in [0.25, 0.3) is 0 Å². The second kappa shape index (κ2) is 8.02. The van der Waals surface area contributed by atoms with Crippen LogP contribution in [0.1, 0.15) is 75.5 Å². The van der Waals surface area contributed by atoms with E-state index in [1.165, 1.54) is 37.4 Å². The molecule has 0 saturated heterocycles. The summed E-state index contributed by atoms with van der Waals surface area (Å²) >= 11 is 0. The first-order valence-corrected chi connectivity index (χ1v) is 12.9. The van der Waals surface area contributed by atoms with Crippen molar-refractivity contribution in [1.29, 1.82) is 5.26 Å². The minimum absolute atomic E-state index is 0.132. The molecule has 2 aliphatic rings. The third-order valence-electron chi connectivity index (χ3n) is 6.84. The number of rotatable bonds is 6. The number of aromatic nitrogens is 2. The lowest BCUT2D eigenvalue weighted by atomic mass is 9.80. The van der Waals surface area contributed by atoms with E-state index in [2.05, 4.69) is 38.5 Å². The highest BCUT2D eigenvalue weighted by Crippen LogP contribution is 2.44. The molecule has 0 atom stereocenters. The van der Waals surface area contributed by atoms with E-state index in [1.54, 1.807) is 26.0 Å². The fourth-order valence-corrected chi connectivity index (χ4v) is 5.97. The van der Waals surface area contributed by atoms with Crippen molar-refractivity contribution in [2.24, 2.45) is 0 Å². The van der Waals surface area contributed by atoms with E-state index >= 15 is 0 Å². The van der Waals surface area contributed by atoms with Crippen molar-refractivity contribution in [3.8, 4) is 17.5 Å². The second-order valence-corrected chi connectivity index (χ2v) is 11.1. The molecule has 0 spiro atoms. The van der Waals surface area contributed by atoms with Gasteiger partial charge in [0.15, 0.2) is 0 Å². The van der Waals surface area contributed by atoms with Gasteiger partial charge < -0.3 is 4.57 Å². The molecule has 2 aliphatic carbocycles. The van der Waals surface area contributed by atoms with Gasteiger partial charge in [-0.1, -0.05) is 18.6 Å². The lowest BCUT2D eigenvalue weighted by Gasteiger charge is -2.30. The van der Waals surface area contributed by atoms with Gasteiger partial charge in [-0.3, -0.25) is 4.98 Å². The fraction of sp³-hybridized carbons (Fsp3) is 0.440. The largest absolute Gasteiger partial charge is 0.335 e. The van der Waals surface area contributed by atoms with Gasteiger partial charge >= 0.3 is 0 Å². The summed E-state index contributed by atoms with van der Waals surface area (Å²) in [4.78, 5) is 4.65. The highest BCUT2D eigenvalue weighted by atomic mass is 32.2. The Bertz CT molecular complexity index is 1310. The smallest absolute Gasteiger partial charge is 0.242 e. The minimum atomic E-state index is -3.61. The van der Waals surface area contributed by atoms with Crippen LogP contribution >= 0.6 is 0 Å². The number of fused-ring (bicyclic) bond motifs is 1. The van der Waals surface area contributed by atoms with E-state index < -0.39 is 10.0 Å². The number of pyridine rings is 1. The molecule has 32 heavy (non-hydrogen) atoms. The third-order valence-corrected chi connectivity index (χ3v) is 8.48. The number of benzene rings is 1. The molecule has 2 fully saturated rings. The average molecular weight is 449 g/mol. The Labute approximate surface area is 189 Å². The van der Waals surface area contributed by atoms with E-state index in [0.29, 0.717) is 23.2 Å². The molecule has 0 aliphatic heterocycles. The van der Waals surface area contributed by atoms with E-state index in [0.717, 1.165) is 29.4 Å². The summed E-state index contributed by atoms with van der Waals surface area (Å²) < 4.78 is 29.9. The quantitative estimate of drug-likeness (QED) is 0.557. The van der Waals surface area contributed by atoms with Crippen LogP contribution in [-0.4, -0.2) is 24.0 Å². The van der Waals surface area contributed by atoms with Gasteiger partial charge in [0, 0.05) is 23.7 Å². The van der Waals surface area contributed by atoms with Crippen LogP contribution in [0.3, 0.4) is 0 Å². The van der Waals surface area contributed by atoms with Crippen LogP contribution < -0.4 is 4.72 Å². The number of nitrogens with one attached hydrogen (secondary N) is 1. The van der Waals surface area contributed by atoms with Crippen LogP contribution in [0.15, 0.2) is 41.4 Å². The molecule has 7 heteroatoms. The zero-order chi connectivity index (χ0) is 22.5. The average Bonchev–Trinajstić information content (AvgIpc) is 2.98. The molecule has 0 unspecified atom stereocenters. The van der Waals surface area contributed by atoms with Crippen molar-refractivity contribution in [1.82, 2.24) is 14.3 Å². The zero-order valence-electron chi connectivity index (χ0n) is 18.5. The Morgan fingerprint density at radius 3 is 2.41 bits per heavy atom. The summed E-state index contributed by atoms with van der Waals surface area (Å²) in [5, 5.41) is 11.0. The molecule has 5 rings (SSSR count). The summed E-state index contributed by atoms with van der Waals surface area (Å²) in [7, 11) is -3.61. The molecule has 0 bridgehead atoms. The van der Waals surface area contributed by atoms with Gasteiger partial charge in [-0.25, -0.2) is 13.1 Å². The molecule has 2 heterocycles. The van der Waals surface area contributed by atoms with Crippen LogP contribution in [-0.2, 0) is 10.0 Å². The van der Waals surface area contributed by atoms with E-state index in [4.69, 9.17) is 0 Å². The van der Waals surface area contributed by atoms with Crippen molar-refractivity contribution < 1.29 is 8.42 Å². The number of hydrogen-bond donors (Lipinski definition) is 1.